The molecule has 1 heterocycles. The van der Waals surface area contributed by atoms with Crippen LogP contribution in [0.5, 0.6) is 0 Å². The van der Waals surface area contributed by atoms with Crippen molar-refractivity contribution in [3.8, 4) is 22.4 Å². The van der Waals surface area contributed by atoms with E-state index in [2.05, 4.69) is 37.0 Å². The van der Waals surface area contributed by atoms with Gasteiger partial charge < -0.3 is 9.63 Å². The van der Waals surface area contributed by atoms with Gasteiger partial charge in [0.2, 0.25) is 0 Å². The summed E-state index contributed by atoms with van der Waals surface area (Å²) < 4.78 is 58.8. The van der Waals surface area contributed by atoms with Gasteiger partial charge in [-0.25, -0.2) is 17.2 Å². The van der Waals surface area contributed by atoms with Gasteiger partial charge in [-0.05, 0) is 56.1 Å². The number of hydrogen-bond donors (Lipinski definition) is 1. The summed E-state index contributed by atoms with van der Waals surface area (Å²) in [7, 11) is -3.94. The number of rotatable bonds is 4. The van der Waals surface area contributed by atoms with E-state index in [-0.39, 0.29) is 22.6 Å². The Balaban J connectivity index is 2.27. The van der Waals surface area contributed by atoms with E-state index in [1.165, 1.54) is 0 Å². The fourth-order valence-corrected chi connectivity index (χ4v) is 3.91. The molecule has 0 aliphatic rings. The second-order valence-corrected chi connectivity index (χ2v) is 9.34. The third kappa shape index (κ3) is 3.84. The summed E-state index contributed by atoms with van der Waals surface area (Å²) in [6, 6.07) is 6.45. The molecule has 1 aromatic heterocycles. The van der Waals surface area contributed by atoms with Crippen molar-refractivity contribution >= 4 is 41.7 Å². The largest absolute Gasteiger partial charge is 0.388 e. The smallest absolute Gasteiger partial charge is 0.178 e. The Morgan fingerprint density at radius 2 is 1.81 bits per heavy atom. The van der Waals surface area contributed by atoms with Gasteiger partial charge in [0, 0.05) is 26.3 Å². The summed E-state index contributed by atoms with van der Waals surface area (Å²) in [6.07, 6.45) is 0.786. The van der Waals surface area contributed by atoms with Crippen LogP contribution in [0.25, 0.3) is 22.4 Å². The number of aromatic nitrogens is 1. The third-order valence-electron chi connectivity index (χ3n) is 3.79. The highest BCUT2D eigenvalue weighted by atomic mass is 79.9. The zero-order valence-corrected chi connectivity index (χ0v) is 17.6. The molecule has 142 valence electrons. The number of halogens is 4. The Morgan fingerprint density at radius 1 is 1.11 bits per heavy atom. The van der Waals surface area contributed by atoms with E-state index >= 15 is 0 Å². The van der Waals surface area contributed by atoms with Crippen LogP contribution in [0.1, 0.15) is 5.76 Å². The van der Waals surface area contributed by atoms with E-state index in [9.17, 15) is 22.3 Å². The van der Waals surface area contributed by atoms with Gasteiger partial charge >= 0.3 is 0 Å². The van der Waals surface area contributed by atoms with Crippen LogP contribution in [0.3, 0.4) is 0 Å². The van der Waals surface area contributed by atoms with Crippen molar-refractivity contribution in [2.75, 3.05) is 6.26 Å². The zero-order valence-electron chi connectivity index (χ0n) is 13.6. The van der Waals surface area contributed by atoms with Crippen LogP contribution in [0.2, 0.25) is 0 Å². The number of nitrogens with zero attached hydrogens (tertiary/aromatic N) is 1. The topological polar surface area (TPSA) is 80.4 Å². The average Bonchev–Trinajstić information content (AvgIpc) is 3.01. The number of aliphatic hydroxyl groups is 1. The predicted octanol–water partition coefficient (Wildman–Crippen LogP) is 4.71. The Bertz CT molecular complexity index is 1150. The van der Waals surface area contributed by atoms with E-state index in [4.69, 9.17) is 4.52 Å². The highest BCUT2D eigenvalue weighted by molar-refractivity contribution is 9.13. The number of benzene rings is 2. The van der Waals surface area contributed by atoms with Crippen molar-refractivity contribution < 1.29 is 26.8 Å². The summed E-state index contributed by atoms with van der Waals surface area (Å²) in [5.74, 6) is -2.16. The summed E-state index contributed by atoms with van der Waals surface area (Å²) >= 11 is 6.68. The van der Waals surface area contributed by atoms with Gasteiger partial charge in [0.05, 0.1) is 5.56 Å². The van der Waals surface area contributed by atoms with Crippen LogP contribution in [0, 0.1) is 11.6 Å². The fraction of sp³-hybridized carbons (Fsp3) is 0.118. The molecule has 27 heavy (non-hydrogen) atoms. The lowest BCUT2D eigenvalue weighted by Crippen LogP contribution is -2.03. The lowest BCUT2D eigenvalue weighted by Gasteiger charge is -2.09. The maximum atomic E-state index is 14.7. The molecule has 0 aliphatic carbocycles. The fourth-order valence-electron chi connectivity index (χ4n) is 2.55. The molecule has 0 fully saturated rings. The van der Waals surface area contributed by atoms with Gasteiger partial charge in [0.1, 0.15) is 28.8 Å². The maximum absolute atomic E-state index is 14.7. The molecular formula is C17H11Br2F2NO4S. The molecule has 5 nitrogen and oxygen atoms in total. The molecule has 0 radical (unpaired) electrons. The summed E-state index contributed by atoms with van der Waals surface area (Å²) in [5.41, 5.74) is 0.482. The first-order valence-electron chi connectivity index (χ1n) is 7.37. The molecule has 0 amide bonds. The van der Waals surface area contributed by atoms with E-state index < -0.39 is 33.0 Å². The van der Waals surface area contributed by atoms with Gasteiger partial charge in [0.25, 0.3) is 0 Å². The van der Waals surface area contributed by atoms with E-state index in [0.29, 0.717) is 16.1 Å². The molecule has 0 spiro atoms. The first kappa shape index (κ1) is 20.1. The van der Waals surface area contributed by atoms with E-state index in [1.807, 2.05) is 0 Å². The van der Waals surface area contributed by atoms with Gasteiger partial charge in [-0.2, -0.15) is 0 Å². The van der Waals surface area contributed by atoms with Crippen molar-refractivity contribution in [2.45, 2.75) is 11.5 Å². The average molecular weight is 523 g/mol. The molecule has 3 aromatic rings. The third-order valence-corrected chi connectivity index (χ3v) is 6.78. The SMILES string of the molecule is CS(=O)(=O)c1cc(F)c(-c2c(-c3ccc(Br)c(Br)c3)noc2CO)cc1F. The van der Waals surface area contributed by atoms with E-state index in [0.717, 1.165) is 16.8 Å². The highest BCUT2D eigenvalue weighted by Gasteiger charge is 2.25. The van der Waals surface area contributed by atoms with Crippen LogP contribution in [-0.2, 0) is 16.4 Å². The quantitative estimate of drug-likeness (QED) is 0.537. The first-order valence-corrected chi connectivity index (χ1v) is 10.9. The Hall–Kier alpha value is -1.62. The summed E-state index contributed by atoms with van der Waals surface area (Å²) in [5, 5.41) is 13.4. The lowest BCUT2D eigenvalue weighted by atomic mass is 9.98. The molecule has 0 bridgehead atoms. The molecule has 10 heteroatoms. The monoisotopic (exact) mass is 521 g/mol. The van der Waals surface area contributed by atoms with Crippen molar-refractivity contribution in [1.29, 1.82) is 0 Å². The summed E-state index contributed by atoms with van der Waals surface area (Å²) in [6.45, 7) is -0.602. The molecule has 0 atom stereocenters. The van der Waals surface area contributed by atoms with Gasteiger partial charge in [-0.15, -0.1) is 0 Å². The maximum Gasteiger partial charge on any atom is 0.178 e. The Morgan fingerprint density at radius 3 is 2.41 bits per heavy atom. The predicted molar refractivity (Wildman–Crippen MR) is 102 cm³/mol. The molecule has 0 aliphatic heterocycles. The van der Waals surface area contributed by atoms with Crippen molar-refractivity contribution in [3.05, 3.63) is 56.7 Å². The Labute approximate surface area is 170 Å². The highest BCUT2D eigenvalue weighted by Crippen LogP contribution is 2.39. The van der Waals surface area contributed by atoms with Gasteiger partial charge in [-0.1, -0.05) is 11.2 Å². The van der Waals surface area contributed by atoms with Crippen LogP contribution in [0.15, 0.2) is 48.7 Å². The molecule has 1 N–H and O–H groups in total. The molecule has 0 unspecified atom stereocenters. The van der Waals surface area contributed by atoms with Crippen molar-refractivity contribution in [3.63, 3.8) is 0 Å². The first-order chi connectivity index (χ1) is 12.6. The molecular weight excluding hydrogens is 512 g/mol. The molecule has 3 rings (SSSR count). The van der Waals surface area contributed by atoms with Crippen LogP contribution >= 0.6 is 31.9 Å². The Kier molecular flexibility index (Phi) is 5.53. The lowest BCUT2D eigenvalue weighted by molar-refractivity contribution is 0.230. The molecule has 2 aromatic carbocycles. The minimum atomic E-state index is -3.94. The van der Waals surface area contributed by atoms with Crippen LogP contribution in [-0.4, -0.2) is 24.9 Å². The normalized spacial score (nSPS) is 11.8. The standard InChI is InChI=1S/C17H11Br2F2NO4S/c1-27(24,25)15-6-12(20)9(5-13(15)21)16-14(7-23)26-22-17(16)8-2-3-10(18)11(19)4-8/h2-6,23H,7H2,1H3. The van der Waals surface area contributed by atoms with Crippen LogP contribution in [0.4, 0.5) is 8.78 Å². The second kappa shape index (κ2) is 7.42. The van der Waals surface area contributed by atoms with Crippen molar-refractivity contribution in [1.82, 2.24) is 5.16 Å². The van der Waals surface area contributed by atoms with Crippen molar-refractivity contribution in [2.24, 2.45) is 0 Å². The van der Waals surface area contributed by atoms with E-state index in [1.54, 1.807) is 18.2 Å². The number of hydrogen-bond acceptors (Lipinski definition) is 5. The number of aliphatic hydroxyl groups excluding tert-OH is 1. The molecule has 0 saturated heterocycles. The summed E-state index contributed by atoms with van der Waals surface area (Å²) in [4.78, 5) is -0.751. The van der Waals surface area contributed by atoms with Crippen LogP contribution < -0.4 is 0 Å². The van der Waals surface area contributed by atoms with Gasteiger partial charge in [0.15, 0.2) is 15.6 Å². The number of sulfone groups is 1. The van der Waals surface area contributed by atoms with Gasteiger partial charge in [-0.3, -0.25) is 0 Å². The zero-order chi connectivity index (χ0) is 19.9. The molecule has 0 saturated carbocycles. The minimum Gasteiger partial charge on any atom is -0.388 e. The minimum absolute atomic E-state index is 0.0446. The second-order valence-electron chi connectivity index (χ2n) is 5.65.